The number of halogens is 1. The van der Waals surface area contributed by atoms with Gasteiger partial charge in [0, 0.05) is 11.9 Å². The first-order valence-electron chi connectivity index (χ1n) is 7.27. The number of amides is 1. The van der Waals surface area contributed by atoms with E-state index in [2.05, 4.69) is 42.0 Å². The van der Waals surface area contributed by atoms with Gasteiger partial charge in [-0.05, 0) is 38.0 Å². The Morgan fingerprint density at radius 3 is 2.37 bits per heavy atom. The third kappa shape index (κ3) is 4.75. The van der Waals surface area contributed by atoms with E-state index in [-0.39, 0.29) is 29.4 Å². The van der Waals surface area contributed by atoms with Gasteiger partial charge in [-0.1, -0.05) is 36.7 Å². The zero-order valence-corrected chi connectivity index (χ0v) is 14.4. The number of rotatable bonds is 6. The van der Waals surface area contributed by atoms with Gasteiger partial charge in [0.05, 0.1) is 18.1 Å². The second-order valence-electron chi connectivity index (χ2n) is 6.61. The van der Waals surface area contributed by atoms with Crippen LogP contribution in [0.3, 0.4) is 0 Å². The van der Waals surface area contributed by atoms with Crippen molar-refractivity contribution in [2.24, 2.45) is 17.3 Å². The summed E-state index contributed by atoms with van der Waals surface area (Å²) in [5, 5.41) is 4.14. The third-order valence-corrected chi connectivity index (χ3v) is 4.83. The maximum atomic E-state index is 12.3. The lowest BCUT2D eigenvalue weighted by molar-refractivity contribution is -0.127. The normalized spacial score (nSPS) is 31.5. The van der Waals surface area contributed by atoms with Gasteiger partial charge in [-0.25, -0.2) is 0 Å². The minimum atomic E-state index is -0.0121. The lowest BCUT2D eigenvalue weighted by Gasteiger charge is -2.26. The zero-order chi connectivity index (χ0) is 14.6. The summed E-state index contributed by atoms with van der Waals surface area (Å²) in [6.45, 7) is 11.3. The molecule has 4 heteroatoms. The van der Waals surface area contributed by atoms with Gasteiger partial charge in [0.1, 0.15) is 0 Å². The molecular weight excluding hydrogens is 306 g/mol. The predicted molar refractivity (Wildman–Crippen MR) is 82.5 cm³/mol. The smallest absolute Gasteiger partial charge is 0.226 e. The minimum Gasteiger partial charge on any atom is -0.374 e. The number of ether oxygens (including phenoxy) is 1. The van der Waals surface area contributed by atoms with Crippen LogP contribution in [0.1, 0.15) is 47.5 Å². The second-order valence-corrected chi connectivity index (χ2v) is 7.40. The Balaban J connectivity index is 2.47. The second kappa shape index (κ2) is 7.07. The van der Waals surface area contributed by atoms with Gasteiger partial charge in [-0.2, -0.15) is 0 Å². The van der Waals surface area contributed by atoms with Crippen molar-refractivity contribution in [1.82, 2.24) is 5.32 Å². The molecule has 1 aliphatic rings. The Bertz CT molecular complexity index is 307. The quantitative estimate of drug-likeness (QED) is 0.757. The first kappa shape index (κ1) is 17.0. The maximum Gasteiger partial charge on any atom is 0.226 e. The fourth-order valence-electron chi connectivity index (χ4n) is 2.80. The van der Waals surface area contributed by atoms with Crippen molar-refractivity contribution in [2.75, 3.05) is 11.9 Å². The van der Waals surface area contributed by atoms with Crippen molar-refractivity contribution >= 4 is 21.8 Å². The van der Waals surface area contributed by atoms with Crippen LogP contribution in [-0.2, 0) is 9.53 Å². The predicted octanol–water partition coefficient (Wildman–Crippen LogP) is 3.36. The van der Waals surface area contributed by atoms with E-state index in [1.165, 1.54) is 0 Å². The van der Waals surface area contributed by atoms with Crippen LogP contribution in [0.2, 0.25) is 0 Å². The average Bonchev–Trinajstić information content (AvgIpc) is 2.58. The van der Waals surface area contributed by atoms with Gasteiger partial charge in [-0.3, -0.25) is 4.79 Å². The maximum absolute atomic E-state index is 12.3. The Hall–Kier alpha value is -0.0900. The topological polar surface area (TPSA) is 38.3 Å². The summed E-state index contributed by atoms with van der Waals surface area (Å²) in [5.74, 6) is 0.430. The first-order chi connectivity index (χ1) is 8.78. The highest BCUT2D eigenvalue weighted by molar-refractivity contribution is 9.09. The summed E-state index contributed by atoms with van der Waals surface area (Å²) < 4.78 is 5.74. The van der Waals surface area contributed by atoms with Crippen LogP contribution in [0.15, 0.2) is 0 Å². The highest BCUT2D eigenvalue weighted by Crippen LogP contribution is 2.32. The summed E-state index contributed by atoms with van der Waals surface area (Å²) in [5.41, 5.74) is 0.154. The summed E-state index contributed by atoms with van der Waals surface area (Å²) in [6.07, 6.45) is 2.45. The number of hydrogen-bond acceptors (Lipinski definition) is 2. The van der Waals surface area contributed by atoms with E-state index < -0.39 is 0 Å². The Morgan fingerprint density at radius 2 is 1.89 bits per heavy atom. The van der Waals surface area contributed by atoms with Crippen molar-refractivity contribution in [3.05, 3.63) is 0 Å². The molecule has 4 unspecified atom stereocenters. The molecule has 0 aromatic carbocycles. The van der Waals surface area contributed by atoms with Gasteiger partial charge >= 0.3 is 0 Å². The minimum absolute atomic E-state index is 0.0121. The monoisotopic (exact) mass is 333 g/mol. The van der Waals surface area contributed by atoms with Crippen molar-refractivity contribution in [3.8, 4) is 0 Å². The molecule has 0 aromatic heterocycles. The average molecular weight is 334 g/mol. The zero-order valence-electron chi connectivity index (χ0n) is 12.8. The van der Waals surface area contributed by atoms with Crippen LogP contribution in [0.25, 0.3) is 0 Å². The van der Waals surface area contributed by atoms with Gasteiger partial charge < -0.3 is 10.1 Å². The molecule has 1 aliphatic heterocycles. The third-order valence-electron chi connectivity index (χ3n) is 4.27. The summed E-state index contributed by atoms with van der Waals surface area (Å²) in [4.78, 5) is 12.3. The van der Waals surface area contributed by atoms with Crippen molar-refractivity contribution < 1.29 is 9.53 Å². The first-order valence-corrected chi connectivity index (χ1v) is 8.40. The fraction of sp³-hybridized carbons (Fsp3) is 0.933. The van der Waals surface area contributed by atoms with Crippen LogP contribution in [0.4, 0.5) is 0 Å². The van der Waals surface area contributed by atoms with Crippen LogP contribution in [0, 0.1) is 17.3 Å². The van der Waals surface area contributed by atoms with E-state index in [0.717, 1.165) is 24.7 Å². The molecular formula is C15H28BrNO2. The molecule has 1 amide bonds. The van der Waals surface area contributed by atoms with Crippen molar-refractivity contribution in [1.29, 1.82) is 0 Å². The molecule has 1 heterocycles. The van der Waals surface area contributed by atoms with E-state index in [4.69, 9.17) is 4.74 Å². The molecule has 1 fully saturated rings. The van der Waals surface area contributed by atoms with Gasteiger partial charge in [0.25, 0.3) is 0 Å². The summed E-state index contributed by atoms with van der Waals surface area (Å²) in [7, 11) is 0. The molecule has 1 N–H and O–H groups in total. The van der Waals surface area contributed by atoms with E-state index in [0.29, 0.717) is 5.92 Å². The molecule has 4 atom stereocenters. The number of hydrogen-bond donors (Lipinski definition) is 1. The number of nitrogens with one attached hydrogen (secondary N) is 1. The lowest BCUT2D eigenvalue weighted by Crippen LogP contribution is -2.41. The molecule has 0 aromatic rings. The molecule has 0 spiro atoms. The SMILES string of the molecule is CC1OC(C)C(C(=O)NCC(C)(C)CCCBr)C1C. The molecule has 1 rings (SSSR count). The lowest BCUT2D eigenvalue weighted by atomic mass is 9.86. The molecule has 112 valence electrons. The molecule has 1 saturated heterocycles. The highest BCUT2D eigenvalue weighted by atomic mass is 79.9. The van der Waals surface area contributed by atoms with Gasteiger partial charge in [0.2, 0.25) is 5.91 Å². The van der Waals surface area contributed by atoms with E-state index in [1.807, 2.05) is 13.8 Å². The molecule has 0 bridgehead atoms. The number of alkyl halides is 1. The largest absolute Gasteiger partial charge is 0.374 e. The van der Waals surface area contributed by atoms with Crippen LogP contribution in [0.5, 0.6) is 0 Å². The molecule has 3 nitrogen and oxygen atoms in total. The van der Waals surface area contributed by atoms with E-state index >= 15 is 0 Å². The number of carbonyl (C=O) groups excluding carboxylic acids is 1. The molecule has 0 aliphatic carbocycles. The van der Waals surface area contributed by atoms with E-state index in [1.54, 1.807) is 0 Å². The highest BCUT2D eigenvalue weighted by Gasteiger charge is 2.41. The van der Waals surface area contributed by atoms with Gasteiger partial charge in [-0.15, -0.1) is 0 Å². The van der Waals surface area contributed by atoms with Crippen molar-refractivity contribution in [3.63, 3.8) is 0 Å². The Kier molecular flexibility index (Phi) is 6.31. The van der Waals surface area contributed by atoms with Crippen molar-refractivity contribution in [2.45, 2.75) is 59.7 Å². The Labute approximate surface area is 126 Å². The van der Waals surface area contributed by atoms with Crippen LogP contribution < -0.4 is 5.32 Å². The summed E-state index contributed by atoms with van der Waals surface area (Å²) in [6, 6.07) is 0. The number of carbonyl (C=O) groups is 1. The Morgan fingerprint density at radius 1 is 1.26 bits per heavy atom. The standard InChI is InChI=1S/C15H28BrNO2/c1-10-11(2)19-12(3)13(10)14(18)17-9-15(4,5)7-6-8-16/h10-13H,6-9H2,1-5H3,(H,17,18). The van der Waals surface area contributed by atoms with Crippen LogP contribution >= 0.6 is 15.9 Å². The molecule has 0 radical (unpaired) electrons. The molecule has 0 saturated carbocycles. The summed E-state index contributed by atoms with van der Waals surface area (Å²) >= 11 is 3.45. The fourth-order valence-corrected chi connectivity index (χ4v) is 3.08. The van der Waals surface area contributed by atoms with E-state index in [9.17, 15) is 4.79 Å². The molecule has 19 heavy (non-hydrogen) atoms. The van der Waals surface area contributed by atoms with Gasteiger partial charge in [0.15, 0.2) is 0 Å². The van der Waals surface area contributed by atoms with Crippen LogP contribution in [-0.4, -0.2) is 30.0 Å².